The number of aliphatic hydroxyl groups is 1. The molecule has 1 atom stereocenters. The second kappa shape index (κ2) is 11.1. The SMILES string of the molecule is COS(=O)(=O)[O-].COc1ccccc1[C@@](O)(CN1CC[N+](C)(C)CC1)C1CCCCC1. The van der Waals surface area contributed by atoms with E-state index in [4.69, 9.17) is 4.74 Å². The summed E-state index contributed by atoms with van der Waals surface area (Å²) >= 11 is 0. The van der Waals surface area contributed by atoms with E-state index in [0.29, 0.717) is 5.92 Å². The third kappa shape index (κ3) is 7.69. The van der Waals surface area contributed by atoms with Crippen LogP contribution in [0.25, 0.3) is 0 Å². The van der Waals surface area contributed by atoms with Gasteiger partial charge in [-0.25, -0.2) is 8.42 Å². The van der Waals surface area contributed by atoms with Gasteiger partial charge >= 0.3 is 0 Å². The third-order valence-electron chi connectivity index (χ3n) is 6.57. The van der Waals surface area contributed by atoms with Crippen LogP contribution in [0.15, 0.2) is 24.3 Å². The van der Waals surface area contributed by atoms with Crippen molar-refractivity contribution in [1.29, 1.82) is 0 Å². The van der Waals surface area contributed by atoms with Crippen molar-refractivity contribution in [1.82, 2.24) is 4.90 Å². The molecule has 0 unspecified atom stereocenters. The number of piperazine rings is 1. The molecule has 0 spiro atoms. The Labute approximate surface area is 187 Å². The summed E-state index contributed by atoms with van der Waals surface area (Å²) in [5, 5.41) is 12.0. The zero-order valence-corrected chi connectivity index (χ0v) is 20.1. The van der Waals surface area contributed by atoms with E-state index in [1.807, 2.05) is 18.2 Å². The number of ether oxygens (including phenoxy) is 1. The molecule has 0 aromatic heterocycles. The zero-order chi connectivity index (χ0) is 23.1. The summed E-state index contributed by atoms with van der Waals surface area (Å²) in [6, 6.07) is 8.07. The zero-order valence-electron chi connectivity index (χ0n) is 19.2. The number of likely N-dealkylation sites (N-methyl/N-ethyl adjacent to an activating group) is 1. The van der Waals surface area contributed by atoms with Crippen molar-refractivity contribution in [3.05, 3.63) is 29.8 Å². The van der Waals surface area contributed by atoms with Crippen molar-refractivity contribution in [2.24, 2.45) is 5.92 Å². The minimum absolute atomic E-state index is 0.321. The lowest BCUT2D eigenvalue weighted by Gasteiger charge is -2.45. The third-order valence-corrected chi connectivity index (χ3v) is 6.97. The van der Waals surface area contributed by atoms with Crippen LogP contribution in [-0.4, -0.2) is 88.5 Å². The number of β-amino-alcohol motifs (C(OH)–C–C–N with tert-alkyl or cyclic N) is 1. The number of benzene rings is 1. The first-order valence-corrected chi connectivity index (χ1v) is 12.3. The van der Waals surface area contributed by atoms with Gasteiger partial charge in [-0.05, 0) is 24.8 Å². The van der Waals surface area contributed by atoms with Crippen LogP contribution in [0.5, 0.6) is 5.75 Å². The average Bonchev–Trinajstić information content (AvgIpc) is 2.75. The largest absolute Gasteiger partial charge is 0.726 e. The highest BCUT2D eigenvalue weighted by molar-refractivity contribution is 7.80. The van der Waals surface area contributed by atoms with Crippen molar-refractivity contribution >= 4 is 10.4 Å². The number of nitrogens with zero attached hydrogens (tertiary/aromatic N) is 2. The minimum atomic E-state index is -4.41. The van der Waals surface area contributed by atoms with Gasteiger partial charge < -0.3 is 18.9 Å². The normalized spacial score (nSPS) is 22.1. The first-order chi connectivity index (χ1) is 14.5. The van der Waals surface area contributed by atoms with Gasteiger partial charge in [0.1, 0.15) is 11.4 Å². The molecule has 1 aliphatic heterocycles. The Morgan fingerprint density at radius 2 is 1.68 bits per heavy atom. The van der Waals surface area contributed by atoms with Crippen LogP contribution in [0.1, 0.15) is 37.7 Å². The highest BCUT2D eigenvalue weighted by Crippen LogP contribution is 2.43. The van der Waals surface area contributed by atoms with Crippen LogP contribution in [-0.2, 0) is 20.2 Å². The molecule has 1 aromatic carbocycles. The van der Waals surface area contributed by atoms with Crippen LogP contribution in [0.4, 0.5) is 0 Å². The van der Waals surface area contributed by atoms with E-state index < -0.39 is 16.0 Å². The number of hydrogen-bond acceptors (Lipinski definition) is 7. The first kappa shape index (κ1) is 26.0. The second-order valence-corrected chi connectivity index (χ2v) is 10.3. The number of hydrogen-bond donors (Lipinski definition) is 1. The number of rotatable bonds is 6. The average molecular weight is 459 g/mol. The fourth-order valence-electron chi connectivity index (χ4n) is 4.56. The van der Waals surface area contributed by atoms with Gasteiger partial charge in [0, 0.05) is 25.2 Å². The molecule has 2 fully saturated rings. The predicted molar refractivity (Wildman–Crippen MR) is 118 cm³/mol. The van der Waals surface area contributed by atoms with Crippen LogP contribution in [0.3, 0.4) is 0 Å². The molecule has 2 aliphatic rings. The van der Waals surface area contributed by atoms with Crippen LogP contribution in [0, 0.1) is 5.92 Å². The second-order valence-electron chi connectivity index (χ2n) is 9.19. The van der Waals surface area contributed by atoms with E-state index in [2.05, 4.69) is 29.2 Å². The summed E-state index contributed by atoms with van der Waals surface area (Å²) in [5.74, 6) is 1.14. The molecule has 0 radical (unpaired) electrons. The van der Waals surface area contributed by atoms with Gasteiger partial charge in [-0.2, -0.15) is 0 Å². The highest BCUT2D eigenvalue weighted by atomic mass is 32.3. The van der Waals surface area contributed by atoms with Gasteiger partial charge in [0.15, 0.2) is 0 Å². The summed E-state index contributed by atoms with van der Waals surface area (Å²) in [7, 11) is 2.70. The van der Waals surface area contributed by atoms with E-state index >= 15 is 0 Å². The maximum atomic E-state index is 12.0. The molecule has 178 valence electrons. The number of quaternary nitrogens is 1. The van der Waals surface area contributed by atoms with Gasteiger partial charge in [0.05, 0.1) is 41.4 Å². The Morgan fingerprint density at radius 1 is 1.13 bits per heavy atom. The smallest absolute Gasteiger partial charge is 0.217 e. The van der Waals surface area contributed by atoms with E-state index in [1.165, 1.54) is 19.3 Å². The monoisotopic (exact) mass is 458 g/mol. The Balaban J connectivity index is 0.000000501. The highest BCUT2D eigenvalue weighted by Gasteiger charge is 2.43. The molecule has 1 saturated heterocycles. The summed E-state index contributed by atoms with van der Waals surface area (Å²) in [6.07, 6.45) is 5.99. The van der Waals surface area contributed by atoms with Crippen molar-refractivity contribution < 1.29 is 31.5 Å². The molecule has 8 nitrogen and oxygen atoms in total. The first-order valence-electron chi connectivity index (χ1n) is 10.9. The van der Waals surface area contributed by atoms with Gasteiger partial charge in [0.2, 0.25) is 10.4 Å². The molecule has 1 aliphatic carbocycles. The molecular formula is C22H38N2O6S. The van der Waals surface area contributed by atoms with Crippen molar-refractivity contribution in [3.63, 3.8) is 0 Å². The Bertz CT molecular complexity index is 785. The number of methoxy groups -OCH3 is 1. The molecule has 9 heteroatoms. The number of para-hydroxylation sites is 1. The van der Waals surface area contributed by atoms with Crippen LogP contribution in [0.2, 0.25) is 0 Å². The topological polar surface area (TPSA) is 99.1 Å². The van der Waals surface area contributed by atoms with E-state index in [0.717, 1.165) is 68.5 Å². The maximum absolute atomic E-state index is 12.0. The van der Waals surface area contributed by atoms with Crippen molar-refractivity contribution in [2.75, 3.05) is 61.0 Å². The summed E-state index contributed by atoms with van der Waals surface area (Å²) in [5.41, 5.74) is 0.158. The van der Waals surface area contributed by atoms with Crippen molar-refractivity contribution in [3.8, 4) is 5.75 Å². The molecule has 1 aromatic rings. The molecule has 0 amide bonds. The molecule has 1 saturated carbocycles. The minimum Gasteiger partial charge on any atom is -0.726 e. The summed E-state index contributed by atoms with van der Waals surface area (Å²) < 4.78 is 37.7. The van der Waals surface area contributed by atoms with E-state index in [1.54, 1.807) is 7.11 Å². The van der Waals surface area contributed by atoms with E-state index in [9.17, 15) is 18.1 Å². The van der Waals surface area contributed by atoms with Crippen LogP contribution < -0.4 is 4.74 Å². The Kier molecular flexibility index (Phi) is 9.29. The fourth-order valence-corrected chi connectivity index (χ4v) is 4.56. The fraction of sp³-hybridized carbons (Fsp3) is 0.727. The predicted octanol–water partition coefficient (Wildman–Crippen LogP) is 1.95. The molecule has 31 heavy (non-hydrogen) atoms. The van der Waals surface area contributed by atoms with Crippen LogP contribution >= 0.6 is 0 Å². The quantitative estimate of drug-likeness (QED) is 0.395. The summed E-state index contributed by atoms with van der Waals surface area (Å²) in [6.45, 7) is 5.12. The Morgan fingerprint density at radius 3 is 2.19 bits per heavy atom. The van der Waals surface area contributed by atoms with E-state index in [-0.39, 0.29) is 0 Å². The molecule has 0 bridgehead atoms. The Hall–Kier alpha value is -1.23. The molecule has 1 N–H and O–H groups in total. The van der Waals surface area contributed by atoms with Gasteiger partial charge in [-0.1, -0.05) is 37.5 Å². The lowest BCUT2D eigenvalue weighted by molar-refractivity contribution is -0.894. The maximum Gasteiger partial charge on any atom is 0.217 e. The van der Waals surface area contributed by atoms with Gasteiger partial charge in [-0.3, -0.25) is 9.08 Å². The van der Waals surface area contributed by atoms with Gasteiger partial charge in [0.25, 0.3) is 0 Å². The van der Waals surface area contributed by atoms with Crippen molar-refractivity contribution in [2.45, 2.75) is 37.7 Å². The standard InChI is InChI=1S/C21H35N2O2.CH4O4S/c1-23(2)15-13-22(14-16-23)17-21(24,18-9-5-4-6-10-18)19-11-7-8-12-20(19)25-3;1-5-6(2,3)4/h7-8,11-12,18,24H,4-6,9-10,13-17H2,1-3H3;1H3,(H,2,3,4)/q+1;/p-1/t21-;/m1./s1. The molecule has 3 rings (SSSR count). The summed E-state index contributed by atoms with van der Waals surface area (Å²) in [4.78, 5) is 2.46. The lowest BCUT2D eigenvalue weighted by Crippen LogP contribution is -2.58. The lowest BCUT2D eigenvalue weighted by atomic mass is 9.72. The molecular weight excluding hydrogens is 420 g/mol. The van der Waals surface area contributed by atoms with Gasteiger partial charge in [-0.15, -0.1) is 0 Å². The molecule has 1 heterocycles.